The van der Waals surface area contributed by atoms with E-state index in [2.05, 4.69) is 131 Å². The van der Waals surface area contributed by atoms with E-state index in [1.165, 1.54) is 33.4 Å². The molecule has 0 aliphatic heterocycles. The van der Waals surface area contributed by atoms with Crippen molar-refractivity contribution in [3.05, 3.63) is 131 Å². The molecule has 160 valence electrons. The van der Waals surface area contributed by atoms with Crippen molar-refractivity contribution in [2.75, 3.05) is 0 Å². The third kappa shape index (κ3) is 3.45. The summed E-state index contributed by atoms with van der Waals surface area (Å²) in [6.45, 7) is 0. The molecular formula is C32H28Hf. The Balaban J connectivity index is 1.40. The first kappa shape index (κ1) is 20.8. The molecule has 0 saturated carbocycles. The van der Waals surface area contributed by atoms with Crippen LogP contribution in [-0.4, -0.2) is 0 Å². The van der Waals surface area contributed by atoms with Crippen molar-refractivity contribution < 1.29 is 20.0 Å². The second-order valence-electron chi connectivity index (χ2n) is 9.84. The fraction of sp³-hybridized carbons (Fsp3) is 0.125. The molecule has 4 aromatic rings. The molecule has 0 aromatic heterocycles. The van der Waals surface area contributed by atoms with Crippen molar-refractivity contribution in [3.8, 4) is 22.3 Å². The second-order valence-corrected chi connectivity index (χ2v) is 27.4. The Labute approximate surface area is 201 Å². The summed E-state index contributed by atoms with van der Waals surface area (Å²) in [5, 5.41) is 0. The summed E-state index contributed by atoms with van der Waals surface area (Å²) in [6.07, 6.45) is 9.88. The van der Waals surface area contributed by atoms with Gasteiger partial charge in [-0.2, -0.15) is 0 Å². The number of hydrogen-bond donors (Lipinski definition) is 0. The van der Waals surface area contributed by atoms with E-state index >= 15 is 0 Å². The minimum absolute atomic E-state index is 0.595. The monoisotopic (exact) mass is 592 g/mol. The Morgan fingerprint density at radius 1 is 0.485 bits per heavy atom. The molecule has 2 aliphatic carbocycles. The summed E-state index contributed by atoms with van der Waals surface area (Å²) in [6, 6.07) is 35.5. The molecule has 4 aromatic carbocycles. The Morgan fingerprint density at radius 2 is 0.909 bits per heavy atom. The van der Waals surface area contributed by atoms with Crippen molar-refractivity contribution >= 4 is 12.2 Å². The zero-order valence-electron chi connectivity index (χ0n) is 19.2. The van der Waals surface area contributed by atoms with E-state index in [1.807, 2.05) is 0 Å². The van der Waals surface area contributed by atoms with Crippen LogP contribution in [-0.2, 0) is 20.0 Å². The van der Waals surface area contributed by atoms with Gasteiger partial charge in [0.25, 0.3) is 0 Å². The molecule has 1 heteroatoms. The van der Waals surface area contributed by atoms with Crippen LogP contribution < -0.4 is 0 Å². The number of rotatable bonds is 4. The molecule has 0 fully saturated rings. The molecule has 0 heterocycles. The van der Waals surface area contributed by atoms with Gasteiger partial charge in [0.1, 0.15) is 0 Å². The molecule has 2 aliphatic rings. The summed E-state index contributed by atoms with van der Waals surface area (Å²) < 4.78 is 6.51. The van der Waals surface area contributed by atoms with Gasteiger partial charge in [-0.3, -0.25) is 0 Å². The van der Waals surface area contributed by atoms with E-state index in [-0.39, 0.29) is 0 Å². The van der Waals surface area contributed by atoms with Crippen molar-refractivity contribution in [1.82, 2.24) is 0 Å². The summed E-state index contributed by atoms with van der Waals surface area (Å²) in [5.41, 5.74) is 11.3. The molecule has 2 unspecified atom stereocenters. The van der Waals surface area contributed by atoms with Crippen LogP contribution in [0.4, 0.5) is 0 Å². The van der Waals surface area contributed by atoms with Crippen molar-refractivity contribution in [2.45, 2.75) is 16.7 Å². The molecule has 0 saturated heterocycles. The standard InChI is InChI=1S/2C15H11.2CH3.Hf/c2*1-2-6-12(7-3-1)14-10-4-8-13-9-5-11-15(13)14;;;/h2*1-11H;2*1H3;. The molecule has 0 N–H and O–H groups in total. The van der Waals surface area contributed by atoms with E-state index in [1.54, 1.807) is 11.1 Å². The van der Waals surface area contributed by atoms with Crippen molar-refractivity contribution in [1.29, 1.82) is 0 Å². The number of allylic oxidation sites excluding steroid dienone is 2. The normalized spacial score (nSPS) is 18.4. The van der Waals surface area contributed by atoms with Crippen LogP contribution in [0, 0.1) is 0 Å². The van der Waals surface area contributed by atoms with Gasteiger partial charge in [-0.15, -0.1) is 0 Å². The third-order valence-electron chi connectivity index (χ3n) is 7.63. The van der Waals surface area contributed by atoms with Crippen LogP contribution in [0.15, 0.2) is 109 Å². The van der Waals surface area contributed by atoms with Gasteiger partial charge >= 0.3 is 203 Å². The van der Waals surface area contributed by atoms with Crippen LogP contribution in [0.2, 0.25) is 9.36 Å². The third-order valence-corrected chi connectivity index (χ3v) is 22.8. The molecule has 0 radical (unpaired) electrons. The Bertz CT molecular complexity index is 1270. The average molecular weight is 591 g/mol. The van der Waals surface area contributed by atoms with Gasteiger partial charge in [0.05, 0.1) is 0 Å². The first-order valence-corrected chi connectivity index (χ1v) is 23.2. The predicted octanol–water partition coefficient (Wildman–Crippen LogP) is 9.11. The van der Waals surface area contributed by atoms with Gasteiger partial charge in [0.2, 0.25) is 0 Å². The van der Waals surface area contributed by atoms with E-state index in [0.29, 0.717) is 7.35 Å². The SMILES string of the molecule is [CH3][Hf]([CH3])([CH]1C=Cc2c(-c3ccccc3)cccc21)[CH]1C=Cc2c(-c3ccccc3)cccc21. The topological polar surface area (TPSA) is 0 Å². The summed E-state index contributed by atoms with van der Waals surface area (Å²) in [5.74, 6) is 0. The molecule has 0 bridgehead atoms. The fourth-order valence-corrected chi connectivity index (χ4v) is 19.1. The number of benzene rings is 4. The van der Waals surface area contributed by atoms with Gasteiger partial charge < -0.3 is 0 Å². The van der Waals surface area contributed by atoms with E-state index < -0.39 is 20.0 Å². The Morgan fingerprint density at radius 3 is 1.33 bits per heavy atom. The Hall–Kier alpha value is -2.77. The van der Waals surface area contributed by atoms with E-state index in [9.17, 15) is 0 Å². The zero-order chi connectivity index (χ0) is 22.4. The van der Waals surface area contributed by atoms with Crippen molar-refractivity contribution in [2.24, 2.45) is 0 Å². The molecule has 0 spiro atoms. The molecular weight excluding hydrogens is 563 g/mol. The van der Waals surface area contributed by atoms with E-state index in [4.69, 9.17) is 0 Å². The first-order valence-electron chi connectivity index (χ1n) is 11.9. The average Bonchev–Trinajstić information content (AvgIpc) is 3.50. The molecule has 33 heavy (non-hydrogen) atoms. The Kier molecular flexibility index (Phi) is 5.18. The quantitative estimate of drug-likeness (QED) is 0.208. The van der Waals surface area contributed by atoms with Crippen LogP contribution in [0.25, 0.3) is 34.4 Å². The van der Waals surface area contributed by atoms with Gasteiger partial charge in [0, 0.05) is 0 Å². The van der Waals surface area contributed by atoms with Crippen LogP contribution in [0.1, 0.15) is 29.6 Å². The maximum atomic E-state index is 2.66. The minimum atomic E-state index is -2.85. The van der Waals surface area contributed by atoms with Gasteiger partial charge in [-0.05, 0) is 0 Å². The summed E-state index contributed by atoms with van der Waals surface area (Å²) in [7, 11) is 0. The van der Waals surface area contributed by atoms with Crippen LogP contribution in [0.5, 0.6) is 0 Å². The first-order chi connectivity index (χ1) is 16.1. The van der Waals surface area contributed by atoms with Crippen LogP contribution in [0.3, 0.4) is 0 Å². The van der Waals surface area contributed by atoms with Gasteiger partial charge in [-0.25, -0.2) is 0 Å². The predicted molar refractivity (Wildman–Crippen MR) is 139 cm³/mol. The maximum absolute atomic E-state index is 2.85. The second kappa shape index (κ2) is 8.22. The van der Waals surface area contributed by atoms with Gasteiger partial charge in [-0.1, -0.05) is 0 Å². The van der Waals surface area contributed by atoms with Crippen LogP contribution >= 0.6 is 0 Å². The molecule has 2 atom stereocenters. The number of hydrogen-bond acceptors (Lipinski definition) is 0. The zero-order valence-corrected chi connectivity index (χ0v) is 22.8. The van der Waals surface area contributed by atoms with Gasteiger partial charge in [0.15, 0.2) is 0 Å². The molecule has 6 rings (SSSR count). The van der Waals surface area contributed by atoms with E-state index in [0.717, 1.165) is 0 Å². The summed E-state index contributed by atoms with van der Waals surface area (Å²) in [4.78, 5) is 0. The van der Waals surface area contributed by atoms with Crippen molar-refractivity contribution in [3.63, 3.8) is 0 Å². The molecule has 0 amide bonds. The number of fused-ring (bicyclic) bond motifs is 2. The molecule has 0 nitrogen and oxygen atoms in total. The fourth-order valence-electron chi connectivity index (χ4n) is 5.90. The summed E-state index contributed by atoms with van der Waals surface area (Å²) >= 11 is -2.85.